The first kappa shape index (κ1) is 15.1. The molecule has 0 spiro atoms. The van der Waals surface area contributed by atoms with Crippen LogP contribution in [0.4, 0.5) is 4.39 Å². The Kier molecular flexibility index (Phi) is 4.06. The van der Waals surface area contributed by atoms with Crippen LogP contribution in [0, 0.1) is 5.82 Å². The number of carbonyl (C=O) groups excluding carboxylic acids is 1. The number of rotatable bonds is 4. The Hall–Kier alpha value is -2.76. The summed E-state index contributed by atoms with van der Waals surface area (Å²) in [5.41, 5.74) is 2.18. The Morgan fingerprint density at radius 3 is 2.96 bits per heavy atom. The summed E-state index contributed by atoms with van der Waals surface area (Å²) in [5, 5.41) is 0. The minimum absolute atomic E-state index is 0.168. The highest BCUT2D eigenvalue weighted by Crippen LogP contribution is 2.24. The molecule has 0 bridgehead atoms. The summed E-state index contributed by atoms with van der Waals surface area (Å²) >= 11 is 0. The number of hydrogen-bond donors (Lipinski definition) is 1. The molecule has 2 heterocycles. The third kappa shape index (κ3) is 2.79. The number of aromatic nitrogens is 3. The van der Waals surface area contributed by atoms with Gasteiger partial charge >= 0.3 is 0 Å². The molecule has 0 aliphatic heterocycles. The number of benzene rings is 1. The van der Waals surface area contributed by atoms with E-state index in [2.05, 4.69) is 15.0 Å². The van der Waals surface area contributed by atoms with Crippen molar-refractivity contribution in [3.05, 3.63) is 59.9 Å². The fraction of sp³-hybridized carbons (Fsp3) is 0.235. The van der Waals surface area contributed by atoms with Crippen LogP contribution in [-0.2, 0) is 0 Å². The quantitative estimate of drug-likeness (QED) is 0.804. The van der Waals surface area contributed by atoms with Gasteiger partial charge in [0.2, 0.25) is 0 Å². The molecule has 1 unspecified atom stereocenters. The van der Waals surface area contributed by atoms with E-state index in [1.807, 2.05) is 26.0 Å². The van der Waals surface area contributed by atoms with Crippen LogP contribution < -0.4 is 0 Å². The fourth-order valence-corrected chi connectivity index (χ4v) is 2.73. The van der Waals surface area contributed by atoms with E-state index < -0.39 is 5.82 Å². The maximum Gasteiger partial charge on any atom is 0.256 e. The second-order valence-electron chi connectivity index (χ2n) is 5.31. The molecule has 0 radical (unpaired) electrons. The molecule has 1 amide bonds. The Labute approximate surface area is 133 Å². The third-order valence-electron chi connectivity index (χ3n) is 3.95. The number of imidazole rings is 1. The van der Waals surface area contributed by atoms with Crippen molar-refractivity contribution >= 4 is 16.9 Å². The molecule has 6 heteroatoms. The Morgan fingerprint density at radius 2 is 2.26 bits per heavy atom. The van der Waals surface area contributed by atoms with E-state index in [0.29, 0.717) is 17.6 Å². The standard InChI is InChI=1S/C17H17FN4O/c1-3-22(11(2)12-5-4-6-19-9-12)17(23)14-7-13(18)8-15-16(14)21-10-20-15/h4-11H,3H2,1-2H3,(H,20,21). The molecule has 1 atom stereocenters. The van der Waals surface area contributed by atoms with Crippen LogP contribution in [0.25, 0.3) is 11.0 Å². The molecule has 118 valence electrons. The van der Waals surface area contributed by atoms with E-state index >= 15 is 0 Å². The molecular formula is C17H17FN4O. The highest BCUT2D eigenvalue weighted by molar-refractivity contribution is 6.05. The van der Waals surface area contributed by atoms with E-state index in [4.69, 9.17) is 0 Å². The lowest BCUT2D eigenvalue weighted by molar-refractivity contribution is 0.0703. The van der Waals surface area contributed by atoms with Crippen molar-refractivity contribution < 1.29 is 9.18 Å². The Balaban J connectivity index is 2.01. The van der Waals surface area contributed by atoms with E-state index in [1.54, 1.807) is 17.3 Å². The lowest BCUT2D eigenvalue weighted by Gasteiger charge is -2.28. The molecule has 0 aliphatic carbocycles. The SMILES string of the molecule is CCN(C(=O)c1cc(F)cc2[nH]cnc12)C(C)c1cccnc1. The zero-order chi connectivity index (χ0) is 16.4. The lowest BCUT2D eigenvalue weighted by atomic mass is 10.1. The minimum atomic E-state index is -0.463. The van der Waals surface area contributed by atoms with Crippen LogP contribution in [-0.4, -0.2) is 32.3 Å². The zero-order valence-electron chi connectivity index (χ0n) is 13.0. The number of hydrogen-bond acceptors (Lipinski definition) is 3. The molecule has 0 fully saturated rings. The van der Waals surface area contributed by atoms with Crippen LogP contribution >= 0.6 is 0 Å². The highest BCUT2D eigenvalue weighted by atomic mass is 19.1. The number of amides is 1. The summed E-state index contributed by atoms with van der Waals surface area (Å²) < 4.78 is 13.8. The number of pyridine rings is 1. The summed E-state index contributed by atoms with van der Waals surface area (Å²) in [7, 11) is 0. The second-order valence-corrected chi connectivity index (χ2v) is 5.31. The predicted molar refractivity (Wildman–Crippen MR) is 85.4 cm³/mol. The molecule has 0 aliphatic rings. The van der Waals surface area contributed by atoms with Gasteiger partial charge in [-0.3, -0.25) is 9.78 Å². The molecule has 3 rings (SSSR count). The van der Waals surface area contributed by atoms with Crippen molar-refractivity contribution in [2.24, 2.45) is 0 Å². The van der Waals surface area contributed by atoms with E-state index in [-0.39, 0.29) is 17.5 Å². The van der Waals surface area contributed by atoms with Gasteiger partial charge in [0.05, 0.1) is 23.4 Å². The van der Waals surface area contributed by atoms with Gasteiger partial charge in [-0.1, -0.05) is 6.07 Å². The van der Waals surface area contributed by atoms with Crippen molar-refractivity contribution in [2.45, 2.75) is 19.9 Å². The van der Waals surface area contributed by atoms with Gasteiger partial charge in [0.15, 0.2) is 0 Å². The van der Waals surface area contributed by atoms with Gasteiger partial charge in [-0.15, -0.1) is 0 Å². The smallest absolute Gasteiger partial charge is 0.256 e. The Morgan fingerprint density at radius 1 is 1.43 bits per heavy atom. The largest absolute Gasteiger partial charge is 0.344 e. The van der Waals surface area contributed by atoms with Gasteiger partial charge < -0.3 is 9.88 Å². The first-order valence-corrected chi connectivity index (χ1v) is 7.45. The monoisotopic (exact) mass is 312 g/mol. The molecule has 1 aromatic carbocycles. The molecule has 23 heavy (non-hydrogen) atoms. The molecule has 5 nitrogen and oxygen atoms in total. The fourth-order valence-electron chi connectivity index (χ4n) is 2.73. The van der Waals surface area contributed by atoms with Gasteiger partial charge in [-0.2, -0.15) is 0 Å². The van der Waals surface area contributed by atoms with Gasteiger partial charge in [0.1, 0.15) is 11.3 Å². The van der Waals surface area contributed by atoms with Crippen molar-refractivity contribution in [1.29, 1.82) is 0 Å². The van der Waals surface area contributed by atoms with E-state index in [9.17, 15) is 9.18 Å². The average molecular weight is 312 g/mol. The predicted octanol–water partition coefficient (Wildman–Crippen LogP) is 3.32. The number of H-pyrrole nitrogens is 1. The van der Waals surface area contributed by atoms with Crippen LogP contribution in [0.2, 0.25) is 0 Å². The summed E-state index contributed by atoms with van der Waals surface area (Å²) in [5.74, 6) is -0.712. The van der Waals surface area contributed by atoms with Crippen molar-refractivity contribution in [3.63, 3.8) is 0 Å². The van der Waals surface area contributed by atoms with Crippen molar-refractivity contribution in [2.75, 3.05) is 6.54 Å². The first-order valence-electron chi connectivity index (χ1n) is 7.45. The maximum atomic E-state index is 13.8. The number of halogens is 1. The number of nitrogens with one attached hydrogen (secondary N) is 1. The number of aromatic amines is 1. The molecule has 2 aromatic heterocycles. The summed E-state index contributed by atoms with van der Waals surface area (Å²) in [6.07, 6.45) is 4.88. The Bertz CT molecular complexity index is 831. The van der Waals surface area contributed by atoms with Gasteiger partial charge in [-0.25, -0.2) is 9.37 Å². The number of carbonyl (C=O) groups is 1. The summed E-state index contributed by atoms with van der Waals surface area (Å²) in [4.78, 5) is 25.7. The number of nitrogens with zero attached hydrogens (tertiary/aromatic N) is 3. The van der Waals surface area contributed by atoms with Crippen LogP contribution in [0.5, 0.6) is 0 Å². The summed E-state index contributed by atoms with van der Waals surface area (Å²) in [6, 6.07) is 6.16. The van der Waals surface area contributed by atoms with Crippen LogP contribution in [0.15, 0.2) is 43.0 Å². The lowest BCUT2D eigenvalue weighted by Crippen LogP contribution is -2.33. The first-order chi connectivity index (χ1) is 11.1. The van der Waals surface area contributed by atoms with Crippen LogP contribution in [0.1, 0.15) is 35.8 Å². The molecule has 3 aromatic rings. The molecule has 1 N–H and O–H groups in total. The summed E-state index contributed by atoms with van der Waals surface area (Å²) in [6.45, 7) is 4.32. The van der Waals surface area contributed by atoms with Crippen molar-refractivity contribution in [1.82, 2.24) is 19.9 Å². The maximum absolute atomic E-state index is 13.8. The topological polar surface area (TPSA) is 61.9 Å². The highest BCUT2D eigenvalue weighted by Gasteiger charge is 2.24. The van der Waals surface area contributed by atoms with Crippen molar-refractivity contribution in [3.8, 4) is 0 Å². The average Bonchev–Trinajstić information content (AvgIpc) is 3.03. The van der Waals surface area contributed by atoms with E-state index in [1.165, 1.54) is 18.5 Å². The van der Waals surface area contributed by atoms with Crippen LogP contribution in [0.3, 0.4) is 0 Å². The molecular weight excluding hydrogens is 295 g/mol. The zero-order valence-corrected chi connectivity index (χ0v) is 13.0. The minimum Gasteiger partial charge on any atom is -0.344 e. The second kappa shape index (κ2) is 6.16. The molecule has 0 saturated carbocycles. The van der Waals surface area contributed by atoms with E-state index in [0.717, 1.165) is 5.56 Å². The van der Waals surface area contributed by atoms with Gasteiger partial charge in [0.25, 0.3) is 5.91 Å². The van der Waals surface area contributed by atoms with Gasteiger partial charge in [-0.05, 0) is 37.6 Å². The molecule has 0 saturated heterocycles. The normalized spacial score (nSPS) is 12.3. The third-order valence-corrected chi connectivity index (χ3v) is 3.95. The van der Waals surface area contributed by atoms with Gasteiger partial charge in [0, 0.05) is 18.9 Å². The number of fused-ring (bicyclic) bond motifs is 1.